The van der Waals surface area contributed by atoms with Crippen LogP contribution in [-0.4, -0.2) is 30.1 Å². The Kier molecular flexibility index (Phi) is 6.97. The molecule has 4 rings (SSSR count). The Labute approximate surface area is 209 Å². The molecule has 0 aliphatic carbocycles. The first-order valence-corrected chi connectivity index (χ1v) is 11.8. The SMILES string of the molecule is O=c1c2cccc(OCc3ccccc3)c2c(OS(=O)(=O)C(F)(F)F)nn1-c1ccc(OC(F)(F)F)cc1. The average Bonchev–Trinajstić information content (AvgIpc) is 2.84. The number of hydrogen-bond acceptors (Lipinski definition) is 7. The Bertz CT molecular complexity index is 1620. The molecule has 0 aliphatic rings. The lowest BCUT2D eigenvalue weighted by Crippen LogP contribution is -2.30. The fraction of sp³-hybridized carbons (Fsp3) is 0.130. The Hall–Kier alpha value is -4.27. The van der Waals surface area contributed by atoms with Gasteiger partial charge in [0.1, 0.15) is 18.1 Å². The van der Waals surface area contributed by atoms with Crippen LogP contribution in [0.2, 0.25) is 0 Å². The van der Waals surface area contributed by atoms with Gasteiger partial charge in [0, 0.05) is 0 Å². The number of aromatic nitrogens is 2. The first-order valence-electron chi connectivity index (χ1n) is 10.3. The van der Waals surface area contributed by atoms with E-state index in [4.69, 9.17) is 4.74 Å². The zero-order valence-corrected chi connectivity index (χ0v) is 19.5. The van der Waals surface area contributed by atoms with Crippen LogP contribution >= 0.6 is 0 Å². The standard InChI is InChI=1S/C23H14F6N2O6S/c24-22(25,26)36-16-11-9-15(10-12-16)31-21(32)17-7-4-8-18(35-13-14-5-2-1-3-6-14)19(17)20(30-31)37-38(33,34)23(27,28)29/h1-12H,13H2. The number of benzene rings is 3. The number of rotatable bonds is 7. The first kappa shape index (κ1) is 26.8. The third kappa shape index (κ3) is 5.82. The summed E-state index contributed by atoms with van der Waals surface area (Å²) >= 11 is 0. The van der Waals surface area contributed by atoms with E-state index in [1.807, 2.05) is 0 Å². The Morgan fingerprint density at radius 1 is 0.842 bits per heavy atom. The van der Waals surface area contributed by atoms with Gasteiger partial charge < -0.3 is 13.7 Å². The number of hydrogen-bond donors (Lipinski definition) is 0. The minimum atomic E-state index is -6.24. The maximum atomic E-state index is 13.2. The molecule has 0 aliphatic heterocycles. The lowest BCUT2D eigenvalue weighted by Gasteiger charge is -2.16. The Morgan fingerprint density at radius 3 is 2.11 bits per heavy atom. The molecule has 0 radical (unpaired) electrons. The molecule has 1 heterocycles. The smallest absolute Gasteiger partial charge is 0.488 e. The molecule has 0 fully saturated rings. The van der Waals surface area contributed by atoms with Crippen molar-refractivity contribution in [3.63, 3.8) is 0 Å². The van der Waals surface area contributed by atoms with Crippen LogP contribution in [0.3, 0.4) is 0 Å². The molecule has 0 saturated carbocycles. The number of ether oxygens (including phenoxy) is 2. The minimum absolute atomic E-state index is 0.102. The molecular formula is C23H14F6N2O6S. The summed E-state index contributed by atoms with van der Waals surface area (Å²) in [5.74, 6) is -2.00. The Morgan fingerprint density at radius 2 is 1.50 bits per heavy atom. The molecule has 0 bridgehead atoms. The van der Waals surface area contributed by atoms with Crippen LogP contribution in [0.5, 0.6) is 17.4 Å². The molecule has 0 saturated heterocycles. The summed E-state index contributed by atoms with van der Waals surface area (Å²) in [4.78, 5) is 13.2. The van der Waals surface area contributed by atoms with E-state index in [0.29, 0.717) is 10.2 Å². The van der Waals surface area contributed by atoms with Gasteiger partial charge in [0.25, 0.3) is 11.4 Å². The van der Waals surface area contributed by atoms with Crippen LogP contribution in [0.25, 0.3) is 16.5 Å². The van der Waals surface area contributed by atoms with Crippen LogP contribution in [0.4, 0.5) is 26.3 Å². The van der Waals surface area contributed by atoms with Gasteiger partial charge in [0.15, 0.2) is 0 Å². The summed E-state index contributed by atoms with van der Waals surface area (Å²) in [5, 5.41) is 2.85. The van der Waals surface area contributed by atoms with Crippen molar-refractivity contribution in [3.05, 3.63) is 88.7 Å². The van der Waals surface area contributed by atoms with Crippen molar-refractivity contribution in [1.29, 1.82) is 0 Å². The molecule has 38 heavy (non-hydrogen) atoms. The van der Waals surface area contributed by atoms with Gasteiger partial charge in [0.05, 0.1) is 16.5 Å². The largest absolute Gasteiger partial charge is 0.573 e. The number of halogens is 6. The van der Waals surface area contributed by atoms with Crippen molar-refractivity contribution in [2.24, 2.45) is 0 Å². The molecule has 3 aromatic carbocycles. The third-order valence-electron chi connectivity index (χ3n) is 4.88. The van der Waals surface area contributed by atoms with Crippen molar-refractivity contribution in [2.75, 3.05) is 0 Å². The highest BCUT2D eigenvalue weighted by Gasteiger charge is 2.49. The molecule has 0 atom stereocenters. The zero-order valence-electron chi connectivity index (χ0n) is 18.7. The quantitative estimate of drug-likeness (QED) is 0.177. The predicted molar refractivity (Wildman–Crippen MR) is 120 cm³/mol. The van der Waals surface area contributed by atoms with Gasteiger partial charge >= 0.3 is 22.0 Å². The fourth-order valence-electron chi connectivity index (χ4n) is 3.26. The number of alkyl halides is 6. The van der Waals surface area contributed by atoms with E-state index in [9.17, 15) is 39.6 Å². The van der Waals surface area contributed by atoms with Gasteiger partial charge in [-0.25, -0.2) is 0 Å². The van der Waals surface area contributed by atoms with E-state index < -0.39 is 44.6 Å². The van der Waals surface area contributed by atoms with E-state index in [-0.39, 0.29) is 23.4 Å². The fourth-order valence-corrected chi connectivity index (χ4v) is 3.68. The van der Waals surface area contributed by atoms with Crippen molar-refractivity contribution < 1.29 is 48.4 Å². The summed E-state index contributed by atoms with van der Waals surface area (Å²) < 4.78 is 115. The van der Waals surface area contributed by atoms with Crippen LogP contribution in [0.1, 0.15) is 5.56 Å². The summed E-state index contributed by atoms with van der Waals surface area (Å²) in [5.41, 5.74) is -6.36. The maximum absolute atomic E-state index is 13.2. The lowest BCUT2D eigenvalue weighted by molar-refractivity contribution is -0.274. The van der Waals surface area contributed by atoms with Gasteiger partial charge in [-0.05, 0) is 42.0 Å². The molecule has 200 valence electrons. The second kappa shape index (κ2) is 9.89. The topological polar surface area (TPSA) is 96.7 Å². The highest BCUT2D eigenvalue weighted by Crippen LogP contribution is 2.35. The van der Waals surface area contributed by atoms with Crippen molar-refractivity contribution >= 4 is 20.9 Å². The highest BCUT2D eigenvalue weighted by molar-refractivity contribution is 7.88. The molecule has 0 amide bonds. The van der Waals surface area contributed by atoms with Crippen molar-refractivity contribution in [3.8, 4) is 23.1 Å². The molecule has 15 heteroatoms. The lowest BCUT2D eigenvalue weighted by atomic mass is 10.1. The van der Waals surface area contributed by atoms with Gasteiger partial charge in [0.2, 0.25) is 0 Å². The minimum Gasteiger partial charge on any atom is -0.488 e. The second-order valence-electron chi connectivity index (χ2n) is 7.50. The molecule has 0 N–H and O–H groups in total. The van der Waals surface area contributed by atoms with Gasteiger partial charge in [-0.3, -0.25) is 4.79 Å². The monoisotopic (exact) mass is 560 g/mol. The molecule has 0 spiro atoms. The summed E-state index contributed by atoms with van der Waals surface area (Å²) in [6.45, 7) is -0.102. The van der Waals surface area contributed by atoms with Gasteiger partial charge in [-0.15, -0.1) is 18.3 Å². The maximum Gasteiger partial charge on any atom is 0.573 e. The Balaban J connectivity index is 1.86. The average molecular weight is 560 g/mol. The summed E-state index contributed by atoms with van der Waals surface area (Å²) in [6, 6.07) is 15.9. The van der Waals surface area contributed by atoms with E-state index in [0.717, 1.165) is 24.3 Å². The summed E-state index contributed by atoms with van der Waals surface area (Å²) in [6.07, 6.45) is -5.00. The normalized spacial score (nSPS) is 12.4. The van der Waals surface area contributed by atoms with E-state index in [2.05, 4.69) is 14.0 Å². The van der Waals surface area contributed by atoms with E-state index in [1.165, 1.54) is 18.2 Å². The second-order valence-corrected chi connectivity index (χ2v) is 9.04. The van der Waals surface area contributed by atoms with Crippen molar-refractivity contribution in [1.82, 2.24) is 9.78 Å². The molecule has 8 nitrogen and oxygen atoms in total. The zero-order chi connectivity index (χ0) is 27.7. The molecular weight excluding hydrogens is 546 g/mol. The number of nitrogens with zero attached hydrogens (tertiary/aromatic N) is 2. The predicted octanol–water partition coefficient (Wildman–Crippen LogP) is 5.09. The van der Waals surface area contributed by atoms with Crippen LogP contribution in [0.15, 0.2) is 77.6 Å². The highest BCUT2D eigenvalue weighted by atomic mass is 32.2. The van der Waals surface area contributed by atoms with Crippen molar-refractivity contribution in [2.45, 2.75) is 18.5 Å². The van der Waals surface area contributed by atoms with E-state index >= 15 is 0 Å². The van der Waals surface area contributed by atoms with Crippen LogP contribution in [-0.2, 0) is 16.7 Å². The van der Waals surface area contributed by atoms with Gasteiger partial charge in [-0.1, -0.05) is 36.4 Å². The third-order valence-corrected chi connectivity index (χ3v) is 5.82. The van der Waals surface area contributed by atoms with Gasteiger partial charge in [-0.2, -0.15) is 26.3 Å². The molecule has 4 aromatic rings. The summed E-state index contributed by atoms with van der Waals surface area (Å²) in [7, 11) is -6.24. The van der Waals surface area contributed by atoms with Crippen LogP contribution < -0.4 is 19.2 Å². The molecule has 1 aromatic heterocycles. The van der Waals surface area contributed by atoms with E-state index in [1.54, 1.807) is 30.3 Å². The van der Waals surface area contributed by atoms with Crippen LogP contribution in [0, 0.1) is 0 Å². The number of fused-ring (bicyclic) bond motifs is 1. The molecule has 0 unspecified atom stereocenters. The first-order chi connectivity index (χ1) is 17.7.